The summed E-state index contributed by atoms with van der Waals surface area (Å²) in [5.74, 6) is 0.869. The summed E-state index contributed by atoms with van der Waals surface area (Å²) < 4.78 is 9.93. The summed E-state index contributed by atoms with van der Waals surface area (Å²) in [7, 11) is 0. The van der Waals surface area contributed by atoms with Gasteiger partial charge in [-0.15, -0.1) is 0 Å². The molecule has 3 N–H and O–H groups in total. The van der Waals surface area contributed by atoms with Crippen molar-refractivity contribution in [2.75, 3.05) is 19.8 Å². The van der Waals surface area contributed by atoms with Gasteiger partial charge in [-0.25, -0.2) is 4.79 Å². The first-order chi connectivity index (χ1) is 8.22. The van der Waals surface area contributed by atoms with Crippen LogP contribution in [-0.4, -0.2) is 25.9 Å². The summed E-state index contributed by atoms with van der Waals surface area (Å²) in [5.41, 5.74) is 5.97. The van der Waals surface area contributed by atoms with Crippen molar-refractivity contribution in [1.29, 1.82) is 0 Å². The first-order valence-corrected chi connectivity index (χ1v) is 5.57. The maximum Gasteiger partial charge on any atom is 0.404 e. The summed E-state index contributed by atoms with van der Waals surface area (Å²) in [4.78, 5) is 10.3. The molecule has 0 atom stereocenters. The topological polar surface area (TPSA) is 73.6 Å². The Bertz CT molecular complexity index is 338. The van der Waals surface area contributed by atoms with Crippen molar-refractivity contribution >= 4 is 6.09 Å². The molecule has 5 nitrogen and oxygen atoms in total. The second kappa shape index (κ2) is 7.51. The lowest BCUT2D eigenvalue weighted by Gasteiger charge is -2.06. The number of hydrogen-bond donors (Lipinski definition) is 2. The van der Waals surface area contributed by atoms with E-state index in [-0.39, 0.29) is 6.61 Å². The number of amides is 1. The Kier molecular flexibility index (Phi) is 5.88. The molecule has 1 aromatic carbocycles. The fourth-order valence-corrected chi connectivity index (χ4v) is 1.33. The van der Waals surface area contributed by atoms with Crippen molar-refractivity contribution in [2.45, 2.75) is 13.5 Å². The number of rotatable bonds is 7. The average Bonchev–Trinajstić information content (AvgIpc) is 2.31. The third-order valence-corrected chi connectivity index (χ3v) is 2.09. The summed E-state index contributed by atoms with van der Waals surface area (Å²) >= 11 is 0. The highest BCUT2D eigenvalue weighted by atomic mass is 16.5. The smallest absolute Gasteiger partial charge is 0.404 e. The summed E-state index contributed by atoms with van der Waals surface area (Å²) in [5, 5.41) is 3.13. The summed E-state index contributed by atoms with van der Waals surface area (Å²) in [6.45, 7) is 4.20. The molecule has 0 aliphatic carbocycles. The molecule has 1 rings (SSSR count). The second-order valence-electron chi connectivity index (χ2n) is 3.42. The van der Waals surface area contributed by atoms with E-state index in [1.165, 1.54) is 0 Å². The van der Waals surface area contributed by atoms with Gasteiger partial charge in [0.15, 0.2) is 0 Å². The third kappa shape index (κ3) is 5.77. The van der Waals surface area contributed by atoms with Crippen molar-refractivity contribution in [3.8, 4) is 5.75 Å². The van der Waals surface area contributed by atoms with E-state index in [9.17, 15) is 4.79 Å². The Hall–Kier alpha value is -1.75. The van der Waals surface area contributed by atoms with Crippen LogP contribution in [0.1, 0.15) is 12.5 Å². The zero-order chi connectivity index (χ0) is 12.5. The first-order valence-electron chi connectivity index (χ1n) is 5.57. The van der Waals surface area contributed by atoms with Gasteiger partial charge in [0, 0.05) is 13.1 Å². The Morgan fingerprint density at radius 1 is 1.35 bits per heavy atom. The van der Waals surface area contributed by atoms with Crippen LogP contribution in [0.25, 0.3) is 0 Å². The fourth-order valence-electron chi connectivity index (χ4n) is 1.33. The lowest BCUT2D eigenvalue weighted by Crippen LogP contribution is -2.23. The largest absolute Gasteiger partial charge is 0.494 e. The minimum Gasteiger partial charge on any atom is -0.494 e. The SMILES string of the molecule is CCOc1ccc(CNCCOC(N)=O)cc1. The van der Waals surface area contributed by atoms with E-state index < -0.39 is 6.09 Å². The molecule has 0 spiro atoms. The number of primary amides is 1. The minimum atomic E-state index is -0.743. The molecule has 1 aromatic rings. The van der Waals surface area contributed by atoms with Crippen molar-refractivity contribution < 1.29 is 14.3 Å². The monoisotopic (exact) mass is 238 g/mol. The second-order valence-corrected chi connectivity index (χ2v) is 3.42. The van der Waals surface area contributed by atoms with Crippen molar-refractivity contribution in [3.63, 3.8) is 0 Å². The van der Waals surface area contributed by atoms with Gasteiger partial charge in [-0.05, 0) is 24.6 Å². The molecule has 5 heteroatoms. The zero-order valence-corrected chi connectivity index (χ0v) is 9.94. The number of ether oxygens (including phenoxy) is 2. The summed E-state index contributed by atoms with van der Waals surface area (Å²) in [6, 6.07) is 7.85. The van der Waals surface area contributed by atoms with Crippen LogP contribution < -0.4 is 15.8 Å². The van der Waals surface area contributed by atoms with Crippen LogP contribution in [0.4, 0.5) is 4.79 Å². The van der Waals surface area contributed by atoms with E-state index in [1.807, 2.05) is 31.2 Å². The van der Waals surface area contributed by atoms with Crippen molar-refractivity contribution in [1.82, 2.24) is 5.32 Å². The quantitative estimate of drug-likeness (QED) is 0.702. The van der Waals surface area contributed by atoms with E-state index in [4.69, 9.17) is 10.5 Å². The van der Waals surface area contributed by atoms with Gasteiger partial charge in [-0.3, -0.25) is 0 Å². The highest BCUT2D eigenvalue weighted by Crippen LogP contribution is 2.11. The molecule has 0 bridgehead atoms. The van der Waals surface area contributed by atoms with E-state index in [1.54, 1.807) is 0 Å². The molecule has 17 heavy (non-hydrogen) atoms. The first kappa shape index (κ1) is 13.3. The molecule has 0 aromatic heterocycles. The molecular weight excluding hydrogens is 220 g/mol. The van der Waals surface area contributed by atoms with Crippen LogP contribution in [0.15, 0.2) is 24.3 Å². The van der Waals surface area contributed by atoms with Gasteiger partial charge in [-0.2, -0.15) is 0 Å². The number of carbonyl (C=O) groups is 1. The average molecular weight is 238 g/mol. The van der Waals surface area contributed by atoms with E-state index >= 15 is 0 Å². The van der Waals surface area contributed by atoms with Gasteiger partial charge in [0.05, 0.1) is 6.61 Å². The van der Waals surface area contributed by atoms with Crippen LogP contribution in [-0.2, 0) is 11.3 Å². The van der Waals surface area contributed by atoms with Crippen molar-refractivity contribution in [3.05, 3.63) is 29.8 Å². The Morgan fingerprint density at radius 2 is 2.06 bits per heavy atom. The molecule has 1 amide bonds. The van der Waals surface area contributed by atoms with Gasteiger partial charge in [0.1, 0.15) is 12.4 Å². The van der Waals surface area contributed by atoms with Crippen LogP contribution in [0.5, 0.6) is 5.75 Å². The van der Waals surface area contributed by atoms with E-state index in [0.717, 1.165) is 11.3 Å². The van der Waals surface area contributed by atoms with Crippen LogP contribution >= 0.6 is 0 Å². The number of carbonyl (C=O) groups excluding carboxylic acids is 1. The van der Waals surface area contributed by atoms with E-state index in [2.05, 4.69) is 10.1 Å². The van der Waals surface area contributed by atoms with Crippen molar-refractivity contribution in [2.24, 2.45) is 5.73 Å². The molecule has 0 aliphatic heterocycles. The molecule has 0 saturated heterocycles. The van der Waals surface area contributed by atoms with Gasteiger partial charge in [0.25, 0.3) is 0 Å². The van der Waals surface area contributed by atoms with Gasteiger partial charge in [-0.1, -0.05) is 12.1 Å². The third-order valence-electron chi connectivity index (χ3n) is 2.09. The van der Waals surface area contributed by atoms with E-state index in [0.29, 0.717) is 19.7 Å². The maximum atomic E-state index is 10.3. The highest BCUT2D eigenvalue weighted by molar-refractivity contribution is 5.64. The number of nitrogens with two attached hydrogens (primary N) is 1. The van der Waals surface area contributed by atoms with Crippen LogP contribution in [0.2, 0.25) is 0 Å². The highest BCUT2D eigenvalue weighted by Gasteiger charge is 1.96. The van der Waals surface area contributed by atoms with Gasteiger partial charge in [0.2, 0.25) is 0 Å². The number of benzene rings is 1. The fraction of sp³-hybridized carbons (Fsp3) is 0.417. The Labute approximate surface area is 101 Å². The normalized spacial score (nSPS) is 9.94. The maximum absolute atomic E-state index is 10.3. The lowest BCUT2D eigenvalue weighted by molar-refractivity contribution is 0.157. The Balaban J connectivity index is 2.20. The number of nitrogens with one attached hydrogen (secondary N) is 1. The molecule has 94 valence electrons. The minimum absolute atomic E-state index is 0.284. The number of hydrogen-bond acceptors (Lipinski definition) is 4. The van der Waals surface area contributed by atoms with Crippen LogP contribution in [0.3, 0.4) is 0 Å². The summed E-state index contributed by atoms with van der Waals surface area (Å²) in [6.07, 6.45) is -0.743. The predicted molar refractivity (Wildman–Crippen MR) is 64.9 cm³/mol. The Morgan fingerprint density at radius 3 is 2.65 bits per heavy atom. The molecule has 0 radical (unpaired) electrons. The standard InChI is InChI=1S/C12H18N2O3/c1-2-16-11-5-3-10(4-6-11)9-14-7-8-17-12(13)15/h3-6,14H,2,7-9H2,1H3,(H2,13,15). The molecule has 0 heterocycles. The molecule has 0 unspecified atom stereocenters. The van der Waals surface area contributed by atoms with Gasteiger partial charge < -0.3 is 20.5 Å². The van der Waals surface area contributed by atoms with Gasteiger partial charge >= 0.3 is 6.09 Å². The molecular formula is C12H18N2O3. The zero-order valence-electron chi connectivity index (χ0n) is 9.94. The predicted octanol–water partition coefficient (Wildman–Crippen LogP) is 1.27. The van der Waals surface area contributed by atoms with Crippen LogP contribution in [0, 0.1) is 0 Å². The molecule has 0 aliphatic rings. The lowest BCUT2D eigenvalue weighted by atomic mass is 10.2. The molecule has 0 fully saturated rings. The molecule has 0 saturated carbocycles.